The van der Waals surface area contributed by atoms with Crippen LogP contribution in [0, 0.1) is 12.8 Å². The van der Waals surface area contributed by atoms with Gasteiger partial charge in [0.05, 0.1) is 6.54 Å². The SMILES string of the molecule is Cc1csc(CNC(=O)CCC2CCCNC2)n1. The van der Waals surface area contributed by atoms with E-state index in [-0.39, 0.29) is 5.91 Å². The van der Waals surface area contributed by atoms with E-state index in [1.807, 2.05) is 12.3 Å². The molecule has 2 heterocycles. The number of amides is 1. The Morgan fingerprint density at radius 2 is 2.56 bits per heavy atom. The minimum absolute atomic E-state index is 0.147. The number of carbonyl (C=O) groups excluding carboxylic acids is 1. The van der Waals surface area contributed by atoms with E-state index in [0.717, 1.165) is 30.2 Å². The fourth-order valence-electron chi connectivity index (χ4n) is 2.25. The smallest absolute Gasteiger partial charge is 0.220 e. The van der Waals surface area contributed by atoms with Crippen molar-refractivity contribution in [2.45, 2.75) is 39.2 Å². The lowest BCUT2D eigenvalue weighted by atomic mass is 9.94. The number of hydrogen-bond donors (Lipinski definition) is 2. The second-order valence-electron chi connectivity index (χ2n) is 4.91. The van der Waals surface area contributed by atoms with Gasteiger partial charge in [-0.25, -0.2) is 4.98 Å². The molecule has 2 N–H and O–H groups in total. The van der Waals surface area contributed by atoms with Crippen LogP contribution in [0.5, 0.6) is 0 Å². The predicted molar refractivity (Wildman–Crippen MR) is 73.5 cm³/mol. The molecular weight excluding hydrogens is 246 g/mol. The van der Waals surface area contributed by atoms with Crippen molar-refractivity contribution >= 4 is 17.2 Å². The Morgan fingerprint density at radius 1 is 1.67 bits per heavy atom. The van der Waals surface area contributed by atoms with Crippen LogP contribution in [0.1, 0.15) is 36.4 Å². The number of aromatic nitrogens is 1. The lowest BCUT2D eigenvalue weighted by Gasteiger charge is -2.22. The molecule has 0 aromatic carbocycles. The largest absolute Gasteiger partial charge is 0.350 e. The Morgan fingerprint density at radius 3 is 3.22 bits per heavy atom. The van der Waals surface area contributed by atoms with Crippen LogP contribution in [0.2, 0.25) is 0 Å². The minimum Gasteiger partial charge on any atom is -0.350 e. The summed E-state index contributed by atoms with van der Waals surface area (Å²) < 4.78 is 0. The molecule has 0 radical (unpaired) electrons. The molecule has 1 aliphatic heterocycles. The van der Waals surface area contributed by atoms with Gasteiger partial charge in [0.25, 0.3) is 0 Å². The summed E-state index contributed by atoms with van der Waals surface area (Å²) in [7, 11) is 0. The van der Waals surface area contributed by atoms with Crippen LogP contribution < -0.4 is 10.6 Å². The number of rotatable bonds is 5. The summed E-state index contributed by atoms with van der Waals surface area (Å²) in [5.74, 6) is 0.819. The third-order valence-corrected chi connectivity index (χ3v) is 4.25. The van der Waals surface area contributed by atoms with Gasteiger partial charge in [-0.15, -0.1) is 11.3 Å². The number of hydrogen-bond acceptors (Lipinski definition) is 4. The van der Waals surface area contributed by atoms with Gasteiger partial charge in [-0.1, -0.05) is 0 Å². The van der Waals surface area contributed by atoms with Crippen molar-refractivity contribution in [1.29, 1.82) is 0 Å². The second-order valence-corrected chi connectivity index (χ2v) is 5.85. The molecule has 1 saturated heterocycles. The first-order valence-corrected chi connectivity index (χ1v) is 7.50. The highest BCUT2D eigenvalue weighted by molar-refractivity contribution is 7.09. The molecule has 2 rings (SSSR count). The van der Waals surface area contributed by atoms with E-state index >= 15 is 0 Å². The average molecular weight is 267 g/mol. The first-order chi connectivity index (χ1) is 8.74. The molecule has 1 unspecified atom stereocenters. The van der Waals surface area contributed by atoms with Gasteiger partial charge in [-0.2, -0.15) is 0 Å². The van der Waals surface area contributed by atoms with E-state index in [1.165, 1.54) is 12.8 Å². The maximum absolute atomic E-state index is 11.7. The van der Waals surface area contributed by atoms with Crippen molar-refractivity contribution < 1.29 is 4.79 Å². The topological polar surface area (TPSA) is 54.0 Å². The molecule has 5 heteroatoms. The highest BCUT2D eigenvalue weighted by Gasteiger charge is 2.14. The van der Waals surface area contributed by atoms with E-state index in [4.69, 9.17) is 0 Å². The van der Waals surface area contributed by atoms with E-state index in [1.54, 1.807) is 11.3 Å². The molecule has 1 atom stereocenters. The molecule has 18 heavy (non-hydrogen) atoms. The molecule has 1 aromatic heterocycles. The van der Waals surface area contributed by atoms with Crippen molar-refractivity contribution in [1.82, 2.24) is 15.6 Å². The zero-order chi connectivity index (χ0) is 12.8. The molecule has 0 saturated carbocycles. The number of thiazole rings is 1. The monoisotopic (exact) mass is 267 g/mol. The summed E-state index contributed by atoms with van der Waals surface area (Å²) in [5, 5.41) is 9.31. The van der Waals surface area contributed by atoms with Gasteiger partial charge >= 0.3 is 0 Å². The van der Waals surface area contributed by atoms with Gasteiger partial charge in [0.15, 0.2) is 0 Å². The van der Waals surface area contributed by atoms with Crippen LogP contribution in [0.4, 0.5) is 0 Å². The lowest BCUT2D eigenvalue weighted by molar-refractivity contribution is -0.121. The molecule has 1 amide bonds. The number of nitrogens with one attached hydrogen (secondary N) is 2. The molecule has 1 fully saturated rings. The summed E-state index contributed by atoms with van der Waals surface area (Å²) in [5.41, 5.74) is 1.03. The van der Waals surface area contributed by atoms with Gasteiger partial charge < -0.3 is 10.6 Å². The number of aryl methyl sites for hydroxylation is 1. The van der Waals surface area contributed by atoms with Crippen LogP contribution in [-0.2, 0) is 11.3 Å². The fourth-order valence-corrected chi connectivity index (χ4v) is 2.96. The van der Waals surface area contributed by atoms with Crippen molar-refractivity contribution in [3.8, 4) is 0 Å². The van der Waals surface area contributed by atoms with E-state index in [0.29, 0.717) is 18.9 Å². The van der Waals surface area contributed by atoms with Crippen LogP contribution in [-0.4, -0.2) is 24.0 Å². The molecule has 1 aliphatic rings. The molecule has 0 aliphatic carbocycles. The Hall–Kier alpha value is -0.940. The molecule has 100 valence electrons. The summed E-state index contributed by atoms with van der Waals surface area (Å²) >= 11 is 1.60. The highest BCUT2D eigenvalue weighted by Crippen LogP contribution is 2.15. The standard InChI is InChI=1S/C13H21N3OS/c1-10-9-18-13(16-10)8-15-12(17)5-4-11-3-2-6-14-7-11/h9,11,14H,2-8H2,1H3,(H,15,17). The van der Waals surface area contributed by atoms with Crippen molar-refractivity contribution in [2.75, 3.05) is 13.1 Å². The van der Waals surface area contributed by atoms with E-state index < -0.39 is 0 Å². The van der Waals surface area contributed by atoms with Crippen LogP contribution >= 0.6 is 11.3 Å². The first-order valence-electron chi connectivity index (χ1n) is 6.62. The minimum atomic E-state index is 0.147. The highest BCUT2D eigenvalue weighted by atomic mass is 32.1. The summed E-state index contributed by atoms with van der Waals surface area (Å²) in [6, 6.07) is 0. The van der Waals surface area contributed by atoms with Crippen molar-refractivity contribution in [3.63, 3.8) is 0 Å². The average Bonchev–Trinajstić information content (AvgIpc) is 2.81. The van der Waals surface area contributed by atoms with Gasteiger partial charge in [0, 0.05) is 17.5 Å². The van der Waals surface area contributed by atoms with Crippen molar-refractivity contribution in [3.05, 3.63) is 16.1 Å². The lowest BCUT2D eigenvalue weighted by Crippen LogP contribution is -2.31. The normalized spacial score (nSPS) is 19.7. The molecule has 4 nitrogen and oxygen atoms in total. The fraction of sp³-hybridized carbons (Fsp3) is 0.692. The van der Waals surface area contributed by atoms with E-state index in [2.05, 4.69) is 15.6 Å². The van der Waals surface area contributed by atoms with E-state index in [9.17, 15) is 4.79 Å². The first kappa shape index (κ1) is 13.5. The summed E-state index contributed by atoms with van der Waals surface area (Å²) in [6.45, 7) is 4.74. The van der Waals surface area contributed by atoms with Crippen LogP contribution in [0.25, 0.3) is 0 Å². The molecule has 0 spiro atoms. The number of nitrogens with zero attached hydrogens (tertiary/aromatic N) is 1. The molecule has 1 aromatic rings. The Balaban J connectivity index is 1.62. The van der Waals surface area contributed by atoms with Crippen molar-refractivity contribution in [2.24, 2.45) is 5.92 Å². The maximum atomic E-state index is 11.7. The van der Waals surface area contributed by atoms with Gasteiger partial charge in [-0.05, 0) is 45.2 Å². The quantitative estimate of drug-likeness (QED) is 0.856. The zero-order valence-electron chi connectivity index (χ0n) is 10.9. The van der Waals surface area contributed by atoms with Gasteiger partial charge in [0.1, 0.15) is 5.01 Å². The van der Waals surface area contributed by atoms with Crippen LogP contribution in [0.15, 0.2) is 5.38 Å². The van der Waals surface area contributed by atoms with Crippen LogP contribution in [0.3, 0.4) is 0 Å². The Kier molecular flexibility index (Phi) is 5.13. The maximum Gasteiger partial charge on any atom is 0.220 e. The third kappa shape index (κ3) is 4.38. The summed E-state index contributed by atoms with van der Waals surface area (Å²) in [4.78, 5) is 16.0. The Labute approximate surface area is 112 Å². The number of piperidine rings is 1. The molecule has 0 bridgehead atoms. The molecular formula is C13H21N3OS. The zero-order valence-corrected chi connectivity index (χ0v) is 11.7. The number of carbonyl (C=O) groups is 1. The third-order valence-electron chi connectivity index (χ3n) is 3.28. The Bertz CT molecular complexity index is 385. The summed E-state index contributed by atoms with van der Waals surface area (Å²) in [6.07, 6.45) is 4.13. The van der Waals surface area contributed by atoms with Gasteiger partial charge in [0.2, 0.25) is 5.91 Å². The van der Waals surface area contributed by atoms with Gasteiger partial charge in [-0.3, -0.25) is 4.79 Å². The second kappa shape index (κ2) is 6.85. The predicted octanol–water partition coefficient (Wildman–Crippen LogP) is 1.85.